The second-order valence-corrected chi connectivity index (χ2v) is 6.63. The largest absolute Gasteiger partial charge is 0.357 e. The summed E-state index contributed by atoms with van der Waals surface area (Å²) in [5.41, 5.74) is 2.83. The molecule has 134 valence electrons. The Morgan fingerprint density at radius 2 is 2.12 bits per heavy atom. The molecule has 1 aromatic carbocycles. The standard InChI is InChI=1S/C19H27N5O/c1-4-20-19(21-11-9-17-22-18(14(2)3)23-25-17)24-12-10-15-7-5-6-8-16(15)13-24/h5-8,14H,4,9-13H2,1-3H3,(H,20,21). The maximum atomic E-state index is 5.30. The van der Waals surface area contributed by atoms with Crippen molar-refractivity contribution in [2.75, 3.05) is 19.6 Å². The van der Waals surface area contributed by atoms with Crippen LogP contribution in [0.15, 0.2) is 33.8 Å². The van der Waals surface area contributed by atoms with Gasteiger partial charge in [-0.15, -0.1) is 0 Å². The normalized spacial score (nSPS) is 14.7. The van der Waals surface area contributed by atoms with Crippen molar-refractivity contribution in [3.63, 3.8) is 0 Å². The van der Waals surface area contributed by atoms with Crippen molar-refractivity contribution in [3.8, 4) is 0 Å². The van der Waals surface area contributed by atoms with Gasteiger partial charge in [0, 0.05) is 32.0 Å². The Kier molecular flexibility index (Phi) is 5.68. The Morgan fingerprint density at radius 1 is 1.32 bits per heavy atom. The molecule has 0 aliphatic carbocycles. The van der Waals surface area contributed by atoms with Gasteiger partial charge in [-0.3, -0.25) is 4.99 Å². The van der Waals surface area contributed by atoms with Gasteiger partial charge < -0.3 is 14.7 Å². The summed E-state index contributed by atoms with van der Waals surface area (Å²) in [4.78, 5) is 11.5. The molecule has 0 radical (unpaired) electrons. The molecular weight excluding hydrogens is 314 g/mol. The number of fused-ring (bicyclic) bond motifs is 1. The highest BCUT2D eigenvalue weighted by Crippen LogP contribution is 2.18. The van der Waals surface area contributed by atoms with Crippen LogP contribution >= 0.6 is 0 Å². The summed E-state index contributed by atoms with van der Waals surface area (Å²) in [6, 6.07) is 8.65. The minimum atomic E-state index is 0.284. The molecule has 2 aromatic rings. The average molecular weight is 341 g/mol. The third-order valence-corrected chi connectivity index (χ3v) is 4.35. The van der Waals surface area contributed by atoms with E-state index in [1.807, 2.05) is 0 Å². The molecule has 6 nitrogen and oxygen atoms in total. The van der Waals surface area contributed by atoms with Crippen LogP contribution in [0.25, 0.3) is 0 Å². The summed E-state index contributed by atoms with van der Waals surface area (Å²) in [6.07, 6.45) is 1.72. The summed E-state index contributed by atoms with van der Waals surface area (Å²) < 4.78 is 5.30. The summed E-state index contributed by atoms with van der Waals surface area (Å²) in [5.74, 6) is 2.66. The van der Waals surface area contributed by atoms with Gasteiger partial charge in [0.05, 0.1) is 6.54 Å². The van der Waals surface area contributed by atoms with Crippen molar-refractivity contribution in [1.82, 2.24) is 20.4 Å². The summed E-state index contributed by atoms with van der Waals surface area (Å²) in [6.45, 7) is 9.60. The molecule has 2 heterocycles. The number of aliphatic imine (C=N–C) groups is 1. The Bertz CT molecular complexity index is 722. The van der Waals surface area contributed by atoms with Crippen molar-refractivity contribution in [2.45, 2.75) is 46.1 Å². The molecule has 25 heavy (non-hydrogen) atoms. The lowest BCUT2D eigenvalue weighted by Crippen LogP contribution is -2.44. The first-order valence-electron chi connectivity index (χ1n) is 9.10. The summed E-state index contributed by atoms with van der Waals surface area (Å²) in [5, 5.41) is 7.41. The minimum absolute atomic E-state index is 0.284. The first-order valence-corrected chi connectivity index (χ1v) is 9.10. The van der Waals surface area contributed by atoms with Crippen molar-refractivity contribution in [2.24, 2.45) is 4.99 Å². The van der Waals surface area contributed by atoms with Crippen LogP contribution < -0.4 is 5.32 Å². The van der Waals surface area contributed by atoms with E-state index < -0.39 is 0 Å². The van der Waals surface area contributed by atoms with E-state index in [1.54, 1.807) is 0 Å². The van der Waals surface area contributed by atoms with Gasteiger partial charge in [-0.25, -0.2) is 0 Å². The van der Waals surface area contributed by atoms with Gasteiger partial charge in [0.1, 0.15) is 0 Å². The molecule has 1 aliphatic heterocycles. The van der Waals surface area contributed by atoms with Crippen LogP contribution in [0.3, 0.4) is 0 Å². The third-order valence-electron chi connectivity index (χ3n) is 4.35. The quantitative estimate of drug-likeness (QED) is 0.669. The van der Waals surface area contributed by atoms with E-state index in [9.17, 15) is 0 Å². The van der Waals surface area contributed by atoms with Crippen molar-refractivity contribution in [1.29, 1.82) is 0 Å². The third kappa shape index (κ3) is 4.38. The van der Waals surface area contributed by atoms with Gasteiger partial charge in [-0.2, -0.15) is 4.98 Å². The maximum absolute atomic E-state index is 5.30. The summed E-state index contributed by atoms with van der Waals surface area (Å²) in [7, 11) is 0. The molecule has 6 heteroatoms. The molecule has 0 atom stereocenters. The molecule has 0 unspecified atom stereocenters. The highest BCUT2D eigenvalue weighted by molar-refractivity contribution is 5.80. The second-order valence-electron chi connectivity index (χ2n) is 6.63. The van der Waals surface area contributed by atoms with Crippen LogP contribution in [-0.2, 0) is 19.4 Å². The number of benzene rings is 1. The minimum Gasteiger partial charge on any atom is -0.357 e. The lowest BCUT2D eigenvalue weighted by atomic mass is 10.0. The van der Waals surface area contributed by atoms with Crippen LogP contribution in [0.5, 0.6) is 0 Å². The fourth-order valence-corrected chi connectivity index (χ4v) is 2.96. The monoisotopic (exact) mass is 341 g/mol. The Morgan fingerprint density at radius 3 is 2.84 bits per heavy atom. The zero-order chi connectivity index (χ0) is 17.6. The Labute approximate surface area is 149 Å². The highest BCUT2D eigenvalue weighted by Gasteiger charge is 2.18. The van der Waals surface area contributed by atoms with E-state index >= 15 is 0 Å². The van der Waals surface area contributed by atoms with Crippen molar-refractivity contribution >= 4 is 5.96 Å². The van der Waals surface area contributed by atoms with Crippen LogP contribution in [0, 0.1) is 0 Å². The number of hydrogen-bond donors (Lipinski definition) is 1. The molecule has 0 spiro atoms. The molecular formula is C19H27N5O. The van der Waals surface area contributed by atoms with Crippen molar-refractivity contribution in [3.05, 3.63) is 47.1 Å². The molecule has 1 N–H and O–H groups in total. The number of rotatable bonds is 5. The van der Waals surface area contributed by atoms with Gasteiger partial charge in [-0.1, -0.05) is 43.3 Å². The lowest BCUT2D eigenvalue weighted by Gasteiger charge is -2.31. The summed E-state index contributed by atoms with van der Waals surface area (Å²) >= 11 is 0. The van der Waals surface area contributed by atoms with Gasteiger partial charge in [0.2, 0.25) is 5.89 Å². The maximum Gasteiger partial charge on any atom is 0.228 e. The van der Waals surface area contributed by atoms with E-state index in [-0.39, 0.29) is 5.92 Å². The first kappa shape index (κ1) is 17.5. The van der Waals surface area contributed by atoms with Crippen LogP contribution in [0.1, 0.15) is 49.5 Å². The fraction of sp³-hybridized carbons (Fsp3) is 0.526. The lowest BCUT2D eigenvalue weighted by molar-refractivity contribution is 0.368. The molecule has 0 saturated heterocycles. The van der Waals surface area contributed by atoms with Crippen LogP contribution in [0.4, 0.5) is 0 Å². The van der Waals surface area contributed by atoms with E-state index in [0.717, 1.165) is 37.8 Å². The molecule has 0 bridgehead atoms. The van der Waals surface area contributed by atoms with E-state index in [2.05, 4.69) is 65.4 Å². The van der Waals surface area contributed by atoms with Crippen LogP contribution in [-0.4, -0.2) is 40.6 Å². The van der Waals surface area contributed by atoms with Gasteiger partial charge >= 0.3 is 0 Å². The van der Waals surface area contributed by atoms with E-state index in [0.29, 0.717) is 18.9 Å². The zero-order valence-electron chi connectivity index (χ0n) is 15.3. The number of nitrogens with one attached hydrogen (secondary N) is 1. The van der Waals surface area contributed by atoms with Gasteiger partial charge in [-0.05, 0) is 24.5 Å². The number of nitrogens with zero attached hydrogens (tertiary/aromatic N) is 4. The predicted molar refractivity (Wildman–Crippen MR) is 98.6 cm³/mol. The molecule has 1 aromatic heterocycles. The second kappa shape index (κ2) is 8.14. The highest BCUT2D eigenvalue weighted by atomic mass is 16.5. The molecule has 1 aliphatic rings. The van der Waals surface area contributed by atoms with Crippen molar-refractivity contribution < 1.29 is 4.52 Å². The van der Waals surface area contributed by atoms with E-state index in [1.165, 1.54) is 11.1 Å². The zero-order valence-corrected chi connectivity index (χ0v) is 15.3. The number of hydrogen-bond acceptors (Lipinski definition) is 4. The van der Waals surface area contributed by atoms with E-state index in [4.69, 9.17) is 9.52 Å². The molecule has 0 amide bonds. The number of aromatic nitrogens is 2. The van der Waals surface area contributed by atoms with Crippen LogP contribution in [0.2, 0.25) is 0 Å². The SMILES string of the molecule is CCNC(=NCCc1nc(C(C)C)no1)N1CCc2ccccc2C1. The number of guanidine groups is 1. The Hall–Kier alpha value is -2.37. The fourth-order valence-electron chi connectivity index (χ4n) is 2.96. The molecule has 3 rings (SSSR count). The molecule has 0 fully saturated rings. The van der Waals surface area contributed by atoms with Gasteiger partial charge in [0.25, 0.3) is 0 Å². The molecule has 0 saturated carbocycles. The average Bonchev–Trinajstić information content (AvgIpc) is 3.10. The Balaban J connectivity index is 1.63. The van der Waals surface area contributed by atoms with Gasteiger partial charge in [0.15, 0.2) is 11.8 Å². The topological polar surface area (TPSA) is 66.5 Å². The predicted octanol–water partition coefficient (Wildman–Crippen LogP) is 2.76. The first-order chi connectivity index (χ1) is 12.2. The smallest absolute Gasteiger partial charge is 0.228 e.